The Kier molecular flexibility index (Phi) is 3.87. The maximum absolute atomic E-state index is 13.5. The van der Waals surface area contributed by atoms with E-state index < -0.39 is 5.82 Å². The predicted molar refractivity (Wildman–Crippen MR) is 64.6 cm³/mol. The largest absolute Gasteiger partial charge is 0.490 e. The topological polar surface area (TPSA) is 45.9 Å². The number of nitriles is 1. The summed E-state index contributed by atoms with van der Waals surface area (Å²) in [5.74, 6) is -0.349. The third kappa shape index (κ3) is 3.05. The predicted octanol–water partition coefficient (Wildman–Crippen LogP) is 2.71. The van der Waals surface area contributed by atoms with E-state index in [1.54, 1.807) is 12.4 Å². The molecule has 0 amide bonds. The second kappa shape index (κ2) is 5.78. The van der Waals surface area contributed by atoms with Gasteiger partial charge in [0.05, 0.1) is 18.2 Å². The smallest absolute Gasteiger partial charge is 0.166 e. The van der Waals surface area contributed by atoms with Crippen molar-refractivity contribution in [3.63, 3.8) is 0 Å². The Morgan fingerprint density at radius 1 is 1.33 bits per heavy atom. The van der Waals surface area contributed by atoms with Gasteiger partial charge in [-0.15, -0.1) is 0 Å². The van der Waals surface area contributed by atoms with E-state index in [9.17, 15) is 4.39 Å². The van der Waals surface area contributed by atoms with Crippen LogP contribution in [0.25, 0.3) is 0 Å². The zero-order valence-corrected chi connectivity index (χ0v) is 9.64. The highest BCUT2D eigenvalue weighted by Crippen LogP contribution is 2.18. The van der Waals surface area contributed by atoms with E-state index in [2.05, 4.69) is 4.98 Å². The average Bonchev–Trinajstić information content (AvgIpc) is 2.42. The van der Waals surface area contributed by atoms with Gasteiger partial charge in [-0.05, 0) is 29.8 Å². The minimum absolute atomic E-state index is 0.165. The van der Waals surface area contributed by atoms with Crippen LogP contribution in [0.4, 0.5) is 4.39 Å². The van der Waals surface area contributed by atoms with Crippen LogP contribution >= 0.6 is 0 Å². The second-order valence-corrected chi connectivity index (χ2v) is 3.72. The molecular weight excluding hydrogens is 231 g/mol. The molecule has 90 valence electrons. The molecule has 0 aliphatic heterocycles. The van der Waals surface area contributed by atoms with E-state index in [0.717, 1.165) is 5.56 Å². The summed E-state index contributed by atoms with van der Waals surface area (Å²) < 4.78 is 18.8. The number of hydrogen-bond acceptors (Lipinski definition) is 3. The lowest BCUT2D eigenvalue weighted by atomic mass is 10.2. The molecule has 0 spiro atoms. The molecule has 0 bridgehead atoms. The Labute approximate surface area is 104 Å². The highest BCUT2D eigenvalue weighted by molar-refractivity contribution is 5.36. The molecule has 0 saturated heterocycles. The monoisotopic (exact) mass is 242 g/mol. The molecule has 3 nitrogen and oxygen atoms in total. The van der Waals surface area contributed by atoms with Crippen LogP contribution in [-0.2, 0) is 6.42 Å². The van der Waals surface area contributed by atoms with Gasteiger partial charge < -0.3 is 4.74 Å². The maximum Gasteiger partial charge on any atom is 0.166 e. The number of aromatic nitrogens is 1. The van der Waals surface area contributed by atoms with Crippen LogP contribution in [0.1, 0.15) is 11.1 Å². The van der Waals surface area contributed by atoms with Gasteiger partial charge >= 0.3 is 0 Å². The first-order valence-corrected chi connectivity index (χ1v) is 5.51. The third-order valence-electron chi connectivity index (χ3n) is 2.43. The number of ether oxygens (including phenoxy) is 1. The number of hydrogen-bond donors (Lipinski definition) is 0. The molecule has 4 heteroatoms. The van der Waals surface area contributed by atoms with Crippen molar-refractivity contribution in [2.75, 3.05) is 6.61 Å². The van der Waals surface area contributed by atoms with E-state index in [-0.39, 0.29) is 11.3 Å². The molecule has 0 radical (unpaired) electrons. The Morgan fingerprint density at radius 3 is 2.89 bits per heavy atom. The first kappa shape index (κ1) is 12.1. The highest BCUT2D eigenvalue weighted by Gasteiger charge is 2.04. The maximum atomic E-state index is 13.5. The van der Waals surface area contributed by atoms with Crippen LogP contribution in [0.2, 0.25) is 0 Å². The third-order valence-corrected chi connectivity index (χ3v) is 2.43. The van der Waals surface area contributed by atoms with E-state index in [4.69, 9.17) is 10.00 Å². The fourth-order valence-corrected chi connectivity index (χ4v) is 1.51. The fourth-order valence-electron chi connectivity index (χ4n) is 1.51. The fraction of sp³-hybridized carbons (Fsp3) is 0.143. The van der Waals surface area contributed by atoms with Gasteiger partial charge in [-0.3, -0.25) is 4.98 Å². The zero-order valence-electron chi connectivity index (χ0n) is 9.64. The summed E-state index contributed by atoms with van der Waals surface area (Å²) in [6.07, 6.45) is 4.11. The molecule has 0 aliphatic carbocycles. The van der Waals surface area contributed by atoms with Crippen LogP contribution in [0, 0.1) is 17.1 Å². The number of pyridine rings is 1. The molecule has 0 atom stereocenters. The first-order chi connectivity index (χ1) is 8.79. The van der Waals surface area contributed by atoms with Crippen molar-refractivity contribution >= 4 is 0 Å². The SMILES string of the molecule is N#Cc1ccc(OCCc2cccnc2)c(F)c1. The van der Waals surface area contributed by atoms with Crippen molar-refractivity contribution in [2.45, 2.75) is 6.42 Å². The molecule has 0 unspecified atom stereocenters. The molecule has 0 aliphatic rings. The van der Waals surface area contributed by atoms with Crippen LogP contribution < -0.4 is 4.74 Å². The summed E-state index contributed by atoms with van der Waals surface area (Å²) in [6, 6.07) is 9.82. The van der Waals surface area contributed by atoms with Crippen molar-refractivity contribution in [3.05, 3.63) is 59.7 Å². The Morgan fingerprint density at radius 2 is 2.22 bits per heavy atom. The molecule has 1 aromatic carbocycles. The van der Waals surface area contributed by atoms with Crippen molar-refractivity contribution in [1.82, 2.24) is 4.98 Å². The normalized spacial score (nSPS) is 9.78. The Hall–Kier alpha value is -2.41. The van der Waals surface area contributed by atoms with Gasteiger partial charge in [-0.25, -0.2) is 4.39 Å². The number of nitrogens with zero attached hydrogens (tertiary/aromatic N) is 2. The number of halogens is 1. The van der Waals surface area contributed by atoms with E-state index in [1.165, 1.54) is 18.2 Å². The number of rotatable bonds is 4. The van der Waals surface area contributed by atoms with Gasteiger partial charge in [0.2, 0.25) is 0 Å². The summed E-state index contributed by atoms with van der Waals surface area (Å²) in [4.78, 5) is 3.98. The summed E-state index contributed by atoms with van der Waals surface area (Å²) in [5.41, 5.74) is 1.32. The van der Waals surface area contributed by atoms with Crippen LogP contribution in [0.3, 0.4) is 0 Å². The summed E-state index contributed by atoms with van der Waals surface area (Å²) in [5, 5.41) is 8.61. The molecular formula is C14H11FN2O. The Bertz CT molecular complexity index is 564. The van der Waals surface area contributed by atoms with Gasteiger partial charge in [0.25, 0.3) is 0 Å². The lowest BCUT2D eigenvalue weighted by Gasteiger charge is -2.07. The summed E-state index contributed by atoms with van der Waals surface area (Å²) >= 11 is 0. The molecule has 1 heterocycles. The van der Waals surface area contributed by atoms with Crippen molar-refractivity contribution in [3.8, 4) is 11.8 Å². The van der Waals surface area contributed by atoms with Gasteiger partial charge in [-0.2, -0.15) is 5.26 Å². The first-order valence-electron chi connectivity index (χ1n) is 5.51. The Balaban J connectivity index is 1.93. The summed E-state index contributed by atoms with van der Waals surface area (Å²) in [7, 11) is 0. The van der Waals surface area contributed by atoms with Crippen LogP contribution in [0.15, 0.2) is 42.7 Å². The lowest BCUT2D eigenvalue weighted by molar-refractivity contribution is 0.305. The molecule has 1 aromatic heterocycles. The second-order valence-electron chi connectivity index (χ2n) is 3.72. The molecule has 0 saturated carbocycles. The molecule has 18 heavy (non-hydrogen) atoms. The number of benzene rings is 1. The van der Waals surface area contributed by atoms with Crippen molar-refractivity contribution in [2.24, 2.45) is 0 Å². The summed E-state index contributed by atoms with van der Waals surface area (Å²) in [6.45, 7) is 0.370. The molecule has 2 aromatic rings. The van der Waals surface area contributed by atoms with Gasteiger partial charge in [-0.1, -0.05) is 6.07 Å². The quantitative estimate of drug-likeness (QED) is 0.828. The van der Waals surface area contributed by atoms with E-state index in [0.29, 0.717) is 13.0 Å². The van der Waals surface area contributed by atoms with Gasteiger partial charge in [0.1, 0.15) is 0 Å². The van der Waals surface area contributed by atoms with Gasteiger partial charge in [0, 0.05) is 18.8 Å². The van der Waals surface area contributed by atoms with E-state index in [1.807, 2.05) is 18.2 Å². The average molecular weight is 242 g/mol. The minimum Gasteiger partial charge on any atom is -0.490 e. The minimum atomic E-state index is -0.514. The standard InChI is InChI=1S/C14H11FN2O/c15-13-8-12(9-16)3-4-14(13)18-7-5-11-2-1-6-17-10-11/h1-4,6,8,10H,5,7H2. The lowest BCUT2D eigenvalue weighted by Crippen LogP contribution is -2.03. The van der Waals surface area contributed by atoms with Gasteiger partial charge in [0.15, 0.2) is 11.6 Å². The molecule has 2 rings (SSSR count). The zero-order chi connectivity index (χ0) is 12.8. The van der Waals surface area contributed by atoms with Crippen LogP contribution in [-0.4, -0.2) is 11.6 Å². The van der Waals surface area contributed by atoms with Crippen LogP contribution in [0.5, 0.6) is 5.75 Å². The highest BCUT2D eigenvalue weighted by atomic mass is 19.1. The van der Waals surface area contributed by atoms with Crippen molar-refractivity contribution < 1.29 is 9.13 Å². The van der Waals surface area contributed by atoms with E-state index >= 15 is 0 Å². The van der Waals surface area contributed by atoms with Crippen molar-refractivity contribution in [1.29, 1.82) is 5.26 Å². The molecule has 0 N–H and O–H groups in total. The molecule has 0 fully saturated rings.